The van der Waals surface area contributed by atoms with Gasteiger partial charge < -0.3 is 26.1 Å². The van der Waals surface area contributed by atoms with Crippen molar-refractivity contribution in [3.05, 3.63) is 78.5 Å². The number of aromatic nitrogens is 3. The fourth-order valence-corrected chi connectivity index (χ4v) is 4.93. The van der Waals surface area contributed by atoms with E-state index in [-0.39, 0.29) is 28.4 Å². The number of fused-ring (bicyclic) bond motifs is 1. The van der Waals surface area contributed by atoms with Crippen LogP contribution >= 0.6 is 22.7 Å². The summed E-state index contributed by atoms with van der Waals surface area (Å²) >= 11 is 2.94. The van der Waals surface area contributed by atoms with Crippen molar-refractivity contribution >= 4 is 45.2 Å². The van der Waals surface area contributed by atoms with Crippen LogP contribution in [0.25, 0.3) is 22.5 Å². The molecule has 0 spiro atoms. The summed E-state index contributed by atoms with van der Waals surface area (Å²) in [5, 5.41) is 0.940. The summed E-state index contributed by atoms with van der Waals surface area (Å²) in [6.45, 7) is 0. The van der Waals surface area contributed by atoms with E-state index >= 15 is 0 Å². The number of pyridine rings is 1. The Morgan fingerprint density at radius 2 is 1.97 bits per heavy atom. The van der Waals surface area contributed by atoms with Gasteiger partial charge in [-0.25, -0.2) is 9.38 Å². The van der Waals surface area contributed by atoms with Gasteiger partial charge >= 0.3 is 0 Å². The molecule has 0 aliphatic carbocycles. The molecule has 0 saturated heterocycles. The van der Waals surface area contributed by atoms with E-state index in [1.54, 1.807) is 35.2 Å². The molecule has 0 fully saturated rings. The fraction of sp³-hybridized carbons (Fsp3) is 0.150. The summed E-state index contributed by atoms with van der Waals surface area (Å²) in [6.07, 6.45) is 5.47. The zero-order valence-corrected chi connectivity index (χ0v) is 19.2. The second-order valence-corrected chi connectivity index (χ2v) is 8.48. The normalized spacial score (nSPS) is 13.3. The predicted molar refractivity (Wildman–Crippen MR) is 111 cm³/mol. The van der Waals surface area contributed by atoms with Crippen LogP contribution in [0.15, 0.2) is 52.4 Å². The fourth-order valence-electron chi connectivity index (χ4n) is 2.84. The van der Waals surface area contributed by atoms with E-state index in [2.05, 4.69) is 4.99 Å². The first-order valence-electron chi connectivity index (χ1n) is 8.55. The van der Waals surface area contributed by atoms with Gasteiger partial charge in [0, 0.05) is 26.4 Å². The van der Waals surface area contributed by atoms with Crippen molar-refractivity contribution in [1.29, 1.82) is 0 Å². The van der Waals surface area contributed by atoms with Crippen LogP contribution in [-0.2, 0) is 21.1 Å². The van der Waals surface area contributed by atoms with Crippen molar-refractivity contribution in [1.82, 2.24) is 9.13 Å². The minimum atomic E-state index is -0.261. The molecule has 0 aliphatic heterocycles. The van der Waals surface area contributed by atoms with Crippen LogP contribution in [0.3, 0.4) is 0 Å². The number of halogens is 2. The summed E-state index contributed by atoms with van der Waals surface area (Å²) < 4.78 is 21.4. The van der Waals surface area contributed by atoms with Crippen molar-refractivity contribution in [2.45, 2.75) is 0 Å². The molecule has 29 heavy (non-hydrogen) atoms. The highest BCUT2D eigenvalue weighted by Crippen LogP contribution is 2.21. The molecule has 150 valence electrons. The highest BCUT2D eigenvalue weighted by Gasteiger charge is 2.16. The maximum Gasteiger partial charge on any atom is 0.270 e. The highest BCUT2D eigenvalue weighted by molar-refractivity contribution is 7.19. The molecular weight excluding hydrogens is 475 g/mol. The van der Waals surface area contributed by atoms with Gasteiger partial charge in [-0.15, -0.1) is 11.3 Å². The lowest BCUT2D eigenvalue weighted by atomic mass is 10.3. The third-order valence-electron chi connectivity index (χ3n) is 4.48. The summed E-state index contributed by atoms with van der Waals surface area (Å²) in [5.41, 5.74) is 1.51. The van der Waals surface area contributed by atoms with Crippen LogP contribution in [-0.4, -0.2) is 9.13 Å². The first kappa shape index (κ1) is 21.4. The largest absolute Gasteiger partial charge is 1.00 e. The topological polar surface area (TPSA) is 43.2 Å². The van der Waals surface area contributed by atoms with Crippen LogP contribution in [0.2, 0.25) is 0 Å². The Morgan fingerprint density at radius 1 is 1.17 bits per heavy atom. The van der Waals surface area contributed by atoms with Gasteiger partial charge in [0.25, 0.3) is 10.6 Å². The Balaban J connectivity index is 0.00000240. The zero-order valence-electron chi connectivity index (χ0n) is 16.0. The van der Waals surface area contributed by atoms with Gasteiger partial charge in [-0.2, -0.15) is 4.57 Å². The quantitative estimate of drug-likeness (QED) is 0.302. The molecule has 3 heterocycles. The molecule has 4 aromatic rings. The van der Waals surface area contributed by atoms with Gasteiger partial charge in [-0.05, 0) is 24.3 Å². The molecule has 0 unspecified atom stereocenters. The Hall–Kier alpha value is -2.36. The van der Waals surface area contributed by atoms with Crippen LogP contribution in [0, 0.1) is 5.82 Å². The average Bonchev–Trinajstić information content (AvgIpc) is 3.13. The predicted octanol–water partition coefficient (Wildman–Crippen LogP) is -1.86. The molecule has 0 atom stereocenters. The van der Waals surface area contributed by atoms with Crippen LogP contribution in [0.4, 0.5) is 4.39 Å². The SMILES string of the molecule is Cn1ccccc1=N/C=c1\s/c(=C\c2sc3ccc(F)cc3[n+]2C)n(C)c1=O.[Br-]. The van der Waals surface area contributed by atoms with Crippen molar-refractivity contribution in [2.75, 3.05) is 0 Å². The molecule has 3 aromatic heterocycles. The highest BCUT2D eigenvalue weighted by atomic mass is 79.9. The van der Waals surface area contributed by atoms with E-state index in [0.29, 0.717) is 4.53 Å². The third kappa shape index (κ3) is 4.17. The Labute approximate surface area is 184 Å². The minimum Gasteiger partial charge on any atom is -1.00 e. The van der Waals surface area contributed by atoms with Crippen molar-refractivity contribution in [2.24, 2.45) is 26.1 Å². The molecule has 0 amide bonds. The summed E-state index contributed by atoms with van der Waals surface area (Å²) in [7, 11) is 5.55. The van der Waals surface area contributed by atoms with E-state index < -0.39 is 0 Å². The molecule has 0 bridgehead atoms. The third-order valence-corrected chi connectivity index (χ3v) is 6.74. The van der Waals surface area contributed by atoms with Crippen LogP contribution in [0.5, 0.6) is 0 Å². The van der Waals surface area contributed by atoms with Gasteiger partial charge in [0.2, 0.25) is 5.52 Å². The van der Waals surface area contributed by atoms with Crippen molar-refractivity contribution in [3.8, 4) is 0 Å². The molecule has 0 N–H and O–H groups in total. The molecular formula is C20H18BrFN4OS2. The van der Waals surface area contributed by atoms with Crippen molar-refractivity contribution in [3.63, 3.8) is 0 Å². The lowest BCUT2D eigenvalue weighted by Gasteiger charge is -1.95. The van der Waals surface area contributed by atoms with Crippen LogP contribution in [0.1, 0.15) is 5.01 Å². The first-order valence-corrected chi connectivity index (χ1v) is 10.2. The summed E-state index contributed by atoms with van der Waals surface area (Å²) in [5.74, 6) is -0.261. The number of benzene rings is 1. The lowest BCUT2D eigenvalue weighted by molar-refractivity contribution is -0.642. The molecule has 1 aromatic carbocycles. The van der Waals surface area contributed by atoms with Crippen LogP contribution < -0.4 is 41.8 Å². The van der Waals surface area contributed by atoms with Gasteiger partial charge in [0.05, 0.1) is 12.3 Å². The monoisotopic (exact) mass is 492 g/mol. The lowest BCUT2D eigenvalue weighted by Crippen LogP contribution is -3.00. The van der Waals surface area contributed by atoms with Crippen molar-refractivity contribution < 1.29 is 25.9 Å². The smallest absolute Gasteiger partial charge is 0.270 e. The number of thiazole rings is 2. The number of hydrogen-bond acceptors (Lipinski definition) is 4. The molecule has 0 aliphatic rings. The molecule has 9 heteroatoms. The van der Waals surface area contributed by atoms with E-state index in [9.17, 15) is 9.18 Å². The minimum absolute atomic E-state index is 0. The van der Waals surface area contributed by atoms with E-state index in [0.717, 1.165) is 25.4 Å². The molecule has 0 saturated carbocycles. The average molecular weight is 493 g/mol. The standard InChI is InChI=1S/C20H18FN4OS2.BrH/c1-23-9-5-4-6-17(23)22-12-16-20(26)25(3)19(28-16)11-18-24(2)14-10-13(21)7-8-15(14)27-18;/h4-12H,1-3H3;1H/q+1;/p-1/b16-12-,22-17?;. The maximum atomic E-state index is 13.5. The van der Waals surface area contributed by atoms with Gasteiger partial charge in [-0.1, -0.05) is 17.4 Å². The van der Waals surface area contributed by atoms with Gasteiger partial charge in [0.15, 0.2) is 0 Å². The van der Waals surface area contributed by atoms with Gasteiger partial charge in [0.1, 0.15) is 32.2 Å². The van der Waals surface area contributed by atoms with Gasteiger partial charge in [-0.3, -0.25) is 4.79 Å². The number of rotatable bonds is 2. The summed E-state index contributed by atoms with van der Waals surface area (Å²) in [6, 6.07) is 10.5. The Morgan fingerprint density at radius 3 is 2.72 bits per heavy atom. The number of hydrogen-bond donors (Lipinski definition) is 0. The molecule has 5 nitrogen and oxygen atoms in total. The zero-order chi connectivity index (χ0) is 19.8. The second-order valence-electron chi connectivity index (χ2n) is 6.35. The first-order chi connectivity index (χ1) is 13.4. The Kier molecular flexibility index (Phi) is 6.30. The molecule has 4 rings (SSSR count). The molecule has 0 radical (unpaired) electrons. The second kappa shape index (κ2) is 8.56. The van der Waals surface area contributed by atoms with E-state index in [4.69, 9.17) is 0 Å². The van der Waals surface area contributed by atoms with E-state index in [1.807, 2.05) is 53.7 Å². The number of aryl methyl sites for hydroxylation is 2. The maximum absolute atomic E-state index is 13.5. The number of nitrogens with zero attached hydrogens (tertiary/aromatic N) is 4. The Bertz CT molecular complexity index is 1450. The summed E-state index contributed by atoms with van der Waals surface area (Å²) in [4.78, 5) is 17.0. The van der Waals surface area contributed by atoms with E-state index in [1.165, 1.54) is 23.5 Å².